The van der Waals surface area contributed by atoms with E-state index in [1.165, 1.54) is 11.5 Å². The minimum absolute atomic E-state index is 0.186. The van der Waals surface area contributed by atoms with Crippen molar-refractivity contribution in [1.82, 2.24) is 13.9 Å². The van der Waals surface area contributed by atoms with Crippen molar-refractivity contribution >= 4 is 32.7 Å². The molecule has 0 amide bonds. The molecule has 0 atom stereocenters. The van der Waals surface area contributed by atoms with Gasteiger partial charge in [0.1, 0.15) is 10.2 Å². The number of benzene rings is 1. The number of H-pyrrole nitrogens is 1. The van der Waals surface area contributed by atoms with Crippen molar-refractivity contribution in [2.75, 3.05) is 32.2 Å². The molecule has 6 nitrogen and oxygen atoms in total. The van der Waals surface area contributed by atoms with Gasteiger partial charge in [-0.1, -0.05) is 12.1 Å². The maximum Gasteiger partial charge on any atom is 0.293 e. The lowest BCUT2D eigenvalue weighted by Gasteiger charge is -2.43. The highest BCUT2D eigenvalue weighted by molar-refractivity contribution is 7.13. The van der Waals surface area contributed by atoms with Crippen LogP contribution >= 0.6 is 11.5 Å². The lowest BCUT2D eigenvalue weighted by atomic mass is 10.1. The lowest BCUT2D eigenvalue weighted by molar-refractivity contribution is 0.220. The van der Waals surface area contributed by atoms with Crippen LogP contribution in [-0.2, 0) is 0 Å². The van der Waals surface area contributed by atoms with Crippen LogP contribution in [0.25, 0.3) is 21.1 Å². The predicted octanol–water partition coefficient (Wildman–Crippen LogP) is 0.786. The van der Waals surface area contributed by atoms with Crippen molar-refractivity contribution in [1.29, 1.82) is 0 Å². The first-order valence-electron chi connectivity index (χ1n) is 7.15. The largest absolute Gasteiger partial charge is 0.345 e. The van der Waals surface area contributed by atoms with Crippen LogP contribution in [0.15, 0.2) is 33.9 Å². The summed E-state index contributed by atoms with van der Waals surface area (Å²) in [5, 5.41) is 2.80. The van der Waals surface area contributed by atoms with E-state index >= 15 is 0 Å². The van der Waals surface area contributed by atoms with Crippen molar-refractivity contribution in [3.8, 4) is 0 Å². The molecule has 1 aliphatic rings. The molecule has 22 heavy (non-hydrogen) atoms. The fourth-order valence-corrected chi connectivity index (χ4v) is 3.82. The van der Waals surface area contributed by atoms with Crippen LogP contribution in [0.3, 0.4) is 0 Å². The first-order valence-corrected chi connectivity index (χ1v) is 7.92. The molecule has 4 rings (SSSR count). The molecule has 0 bridgehead atoms. The Bertz CT molecular complexity index is 979. The number of aromatic nitrogens is 2. The number of rotatable bonds is 2. The van der Waals surface area contributed by atoms with E-state index in [1.54, 1.807) is 10.1 Å². The Morgan fingerprint density at radius 1 is 1.23 bits per heavy atom. The molecule has 0 spiro atoms. The monoisotopic (exact) mass is 316 g/mol. The number of likely N-dealkylation sites (N-methyl/N-ethyl adjacent to an activating group) is 1. The normalized spacial score (nSPS) is 15.9. The lowest BCUT2D eigenvalue weighted by Crippen LogP contribution is -2.63. The maximum absolute atomic E-state index is 12.6. The third kappa shape index (κ3) is 1.82. The Morgan fingerprint density at radius 2 is 1.95 bits per heavy atom. The summed E-state index contributed by atoms with van der Waals surface area (Å²) in [4.78, 5) is 31.2. The van der Waals surface area contributed by atoms with Crippen molar-refractivity contribution in [3.05, 3.63) is 44.8 Å². The average molecular weight is 316 g/mol. The molecule has 3 heterocycles. The maximum atomic E-state index is 12.6. The Balaban J connectivity index is 1.88. The van der Waals surface area contributed by atoms with E-state index < -0.39 is 0 Å². The number of hydrogen-bond acceptors (Lipinski definition) is 5. The second-order valence-electron chi connectivity index (χ2n) is 5.86. The molecule has 1 aliphatic heterocycles. The average Bonchev–Trinajstić information content (AvgIpc) is 2.74. The topological polar surface area (TPSA) is 61.3 Å². The number of fused-ring (bicyclic) bond motifs is 2. The van der Waals surface area contributed by atoms with Gasteiger partial charge in [0.15, 0.2) is 0 Å². The fraction of sp³-hybridized carbons (Fsp3) is 0.333. The van der Waals surface area contributed by atoms with E-state index in [4.69, 9.17) is 0 Å². The predicted molar refractivity (Wildman–Crippen MR) is 89.6 cm³/mol. The highest BCUT2D eigenvalue weighted by Crippen LogP contribution is 2.19. The van der Waals surface area contributed by atoms with Crippen LogP contribution in [0.1, 0.15) is 0 Å². The third-order valence-corrected chi connectivity index (χ3v) is 5.33. The van der Waals surface area contributed by atoms with Crippen LogP contribution in [0.2, 0.25) is 0 Å². The van der Waals surface area contributed by atoms with E-state index in [1.807, 2.05) is 37.3 Å². The van der Waals surface area contributed by atoms with Gasteiger partial charge in [-0.2, -0.15) is 4.07 Å². The van der Waals surface area contributed by atoms with E-state index in [9.17, 15) is 9.59 Å². The molecular formula is C15H16N4O2S. The number of hydrogen-bond donors (Lipinski definition) is 1. The molecule has 2 aromatic heterocycles. The van der Waals surface area contributed by atoms with Crippen molar-refractivity contribution < 1.29 is 0 Å². The summed E-state index contributed by atoms with van der Waals surface area (Å²) in [6, 6.07) is 7.75. The van der Waals surface area contributed by atoms with Gasteiger partial charge in [-0.3, -0.25) is 14.6 Å². The molecule has 1 N–H and O–H groups in total. The van der Waals surface area contributed by atoms with Gasteiger partial charge < -0.3 is 9.88 Å². The first kappa shape index (κ1) is 13.5. The summed E-state index contributed by atoms with van der Waals surface area (Å²) in [5.41, 5.74) is 0.362. The molecule has 0 saturated carbocycles. The van der Waals surface area contributed by atoms with E-state index in [0.29, 0.717) is 16.3 Å². The quantitative estimate of drug-likeness (QED) is 0.759. The summed E-state index contributed by atoms with van der Waals surface area (Å²) >= 11 is 1.31. The van der Waals surface area contributed by atoms with Crippen LogP contribution in [0, 0.1) is 0 Å². The minimum atomic E-state index is -0.218. The van der Waals surface area contributed by atoms with Crippen molar-refractivity contribution in [2.45, 2.75) is 6.04 Å². The van der Waals surface area contributed by atoms with Gasteiger partial charge in [0.25, 0.3) is 5.56 Å². The van der Waals surface area contributed by atoms with Gasteiger partial charge in [-0.25, -0.2) is 0 Å². The molecular weight excluding hydrogens is 300 g/mol. The molecule has 1 aromatic carbocycles. The Kier molecular flexibility index (Phi) is 2.88. The number of aromatic amines is 1. The van der Waals surface area contributed by atoms with Crippen molar-refractivity contribution in [3.63, 3.8) is 0 Å². The van der Waals surface area contributed by atoms with Gasteiger partial charge in [0, 0.05) is 11.4 Å². The zero-order valence-electron chi connectivity index (χ0n) is 12.4. The zero-order valence-corrected chi connectivity index (χ0v) is 13.2. The Labute approximate surface area is 130 Å². The molecule has 7 heteroatoms. The standard InChI is InChI=1S/C15H16N4O2S/c1-17(2)9-7-18(8-9)19-15(21)12-13(20)10-5-3-4-6-11(10)16-14(12)22-19/h3-6,9H,7-8H2,1-2H3,(H,16,20). The van der Waals surface area contributed by atoms with E-state index in [2.05, 4.69) is 9.88 Å². The second-order valence-corrected chi connectivity index (χ2v) is 6.80. The van der Waals surface area contributed by atoms with Gasteiger partial charge in [-0.15, -0.1) is 0 Å². The third-order valence-electron chi connectivity index (χ3n) is 4.27. The molecule has 1 fully saturated rings. The highest BCUT2D eigenvalue weighted by atomic mass is 32.1. The van der Waals surface area contributed by atoms with Gasteiger partial charge in [0.2, 0.25) is 5.43 Å². The van der Waals surface area contributed by atoms with Crippen LogP contribution < -0.4 is 16.0 Å². The Hall–Kier alpha value is -2.12. The van der Waals surface area contributed by atoms with Crippen LogP contribution in [-0.4, -0.2) is 47.2 Å². The SMILES string of the molecule is CN(C)C1CN(n2sc3[nH]c4ccccc4c(=O)c3c2=O)C1. The number of pyridine rings is 1. The summed E-state index contributed by atoms with van der Waals surface area (Å²) in [6.45, 7) is 1.60. The molecule has 114 valence electrons. The number of para-hydroxylation sites is 1. The van der Waals surface area contributed by atoms with Gasteiger partial charge in [-0.05, 0) is 37.8 Å². The second kappa shape index (κ2) is 4.69. The molecule has 1 saturated heterocycles. The summed E-state index contributed by atoms with van der Waals surface area (Å²) in [5.74, 6) is 0. The molecule has 0 unspecified atom stereocenters. The van der Waals surface area contributed by atoms with E-state index in [-0.39, 0.29) is 16.4 Å². The molecule has 0 radical (unpaired) electrons. The van der Waals surface area contributed by atoms with Gasteiger partial charge >= 0.3 is 0 Å². The van der Waals surface area contributed by atoms with E-state index in [0.717, 1.165) is 18.6 Å². The van der Waals surface area contributed by atoms with Crippen molar-refractivity contribution in [2.24, 2.45) is 0 Å². The van der Waals surface area contributed by atoms with Crippen LogP contribution in [0.4, 0.5) is 0 Å². The number of nitrogens with one attached hydrogen (secondary N) is 1. The summed E-state index contributed by atoms with van der Waals surface area (Å²) < 4.78 is 1.61. The number of nitrogens with zero attached hydrogens (tertiary/aromatic N) is 3. The van der Waals surface area contributed by atoms with Gasteiger partial charge in [0.05, 0.1) is 18.6 Å². The highest BCUT2D eigenvalue weighted by Gasteiger charge is 2.31. The smallest absolute Gasteiger partial charge is 0.293 e. The zero-order chi connectivity index (χ0) is 15.4. The minimum Gasteiger partial charge on any atom is -0.345 e. The fourth-order valence-electron chi connectivity index (χ4n) is 2.79. The molecule has 0 aliphatic carbocycles. The molecule has 3 aromatic rings. The van der Waals surface area contributed by atoms with Crippen LogP contribution in [0.5, 0.6) is 0 Å². The summed E-state index contributed by atoms with van der Waals surface area (Å²) in [6.07, 6.45) is 0. The first-order chi connectivity index (χ1) is 10.6. The summed E-state index contributed by atoms with van der Waals surface area (Å²) in [7, 11) is 4.07. The Morgan fingerprint density at radius 3 is 2.68 bits per heavy atom.